The van der Waals surface area contributed by atoms with Crippen LogP contribution in [0.4, 0.5) is 24.8 Å². The van der Waals surface area contributed by atoms with Crippen LogP contribution in [0.1, 0.15) is 5.56 Å². The Morgan fingerprint density at radius 3 is 2.68 bits per heavy atom. The summed E-state index contributed by atoms with van der Waals surface area (Å²) in [5.74, 6) is -0.571. The van der Waals surface area contributed by atoms with Crippen LogP contribution in [0.3, 0.4) is 0 Å². The van der Waals surface area contributed by atoms with Crippen molar-refractivity contribution in [2.45, 2.75) is 12.7 Å². The van der Waals surface area contributed by atoms with Crippen molar-refractivity contribution in [2.24, 2.45) is 7.05 Å². The van der Waals surface area contributed by atoms with E-state index in [4.69, 9.17) is 0 Å². The van der Waals surface area contributed by atoms with Gasteiger partial charge >= 0.3 is 17.8 Å². The third-order valence-corrected chi connectivity index (χ3v) is 3.72. The van der Waals surface area contributed by atoms with E-state index in [0.29, 0.717) is 0 Å². The maximum Gasteiger partial charge on any atom is 0.416 e. The van der Waals surface area contributed by atoms with Gasteiger partial charge in [0.1, 0.15) is 0 Å². The minimum absolute atomic E-state index is 0.0792. The first-order chi connectivity index (χ1) is 11.7. The van der Waals surface area contributed by atoms with Crippen molar-refractivity contribution in [1.82, 2.24) is 14.3 Å². The first kappa shape index (κ1) is 16.8. The van der Waals surface area contributed by atoms with Gasteiger partial charge in [0, 0.05) is 18.9 Å². The van der Waals surface area contributed by atoms with Crippen molar-refractivity contribution in [2.75, 3.05) is 12.0 Å². The Balaban J connectivity index is 2.17. The van der Waals surface area contributed by atoms with E-state index in [1.165, 1.54) is 42.0 Å². The second-order valence-electron chi connectivity index (χ2n) is 5.36. The lowest BCUT2D eigenvalue weighted by Gasteiger charge is -2.25. The van der Waals surface area contributed by atoms with Gasteiger partial charge in [0.15, 0.2) is 0 Å². The molecule has 132 valence electrons. The molecule has 3 rings (SSSR count). The number of carbonyl (C=O) groups excluding carboxylic acids is 1. The van der Waals surface area contributed by atoms with Crippen LogP contribution >= 0.6 is 0 Å². The monoisotopic (exact) mass is 354 g/mol. The second kappa shape index (κ2) is 5.80. The fourth-order valence-electron chi connectivity index (χ4n) is 2.50. The minimum Gasteiger partial charge on any atom is -0.466 e. The van der Waals surface area contributed by atoms with Gasteiger partial charge in [0.05, 0.1) is 24.8 Å². The predicted octanol–water partition coefficient (Wildman–Crippen LogP) is 1.81. The third-order valence-electron chi connectivity index (χ3n) is 3.72. The number of benzene rings is 1. The number of hydrogen-bond donors (Lipinski definition) is 0. The van der Waals surface area contributed by atoms with Gasteiger partial charge in [0.2, 0.25) is 5.95 Å². The number of anilines is 2. The first-order valence-electron chi connectivity index (χ1n) is 7.11. The number of methoxy groups -OCH3 is 1. The van der Waals surface area contributed by atoms with E-state index in [1.54, 1.807) is 0 Å². The number of halogens is 3. The average Bonchev–Trinajstić information content (AvgIpc) is 2.87. The van der Waals surface area contributed by atoms with Crippen LogP contribution in [-0.4, -0.2) is 27.4 Å². The number of ether oxygens (including phenoxy) is 1. The molecule has 1 aliphatic rings. The number of carbonyl (C=O) groups is 1. The number of aryl methyl sites for hydroxylation is 1. The summed E-state index contributed by atoms with van der Waals surface area (Å²) in [6.07, 6.45) is -3.20. The zero-order valence-corrected chi connectivity index (χ0v) is 13.2. The van der Waals surface area contributed by atoms with Gasteiger partial charge in [-0.25, -0.2) is 14.3 Å². The van der Waals surface area contributed by atoms with Crippen molar-refractivity contribution in [3.63, 3.8) is 0 Å². The largest absolute Gasteiger partial charge is 0.466 e. The smallest absolute Gasteiger partial charge is 0.416 e. The average molecular weight is 354 g/mol. The lowest BCUT2D eigenvalue weighted by Crippen LogP contribution is -2.31. The number of hydrogen-bond acceptors (Lipinski definition) is 5. The van der Waals surface area contributed by atoms with Gasteiger partial charge in [-0.15, -0.1) is 5.10 Å². The van der Waals surface area contributed by atoms with Gasteiger partial charge in [0.25, 0.3) is 0 Å². The lowest BCUT2D eigenvalue weighted by atomic mass is 10.1. The van der Waals surface area contributed by atoms with Gasteiger partial charge in [-0.3, -0.25) is 9.47 Å². The molecule has 0 spiro atoms. The van der Waals surface area contributed by atoms with Crippen LogP contribution in [0.5, 0.6) is 0 Å². The standard InChI is InChI=1S/C15H13F3N4O3/c1-20-14(24)22-8-9(12(23)25-2)7-21(13(22)19-20)11-5-3-4-10(6-11)15(16,17)18/h3-7H,8H2,1-2H3. The van der Waals surface area contributed by atoms with E-state index in [9.17, 15) is 22.8 Å². The molecule has 1 aliphatic heterocycles. The molecule has 0 bridgehead atoms. The maximum atomic E-state index is 13.0. The van der Waals surface area contributed by atoms with E-state index >= 15 is 0 Å². The molecular formula is C15H13F3N4O3. The fourth-order valence-corrected chi connectivity index (χ4v) is 2.50. The maximum absolute atomic E-state index is 13.0. The Kier molecular flexibility index (Phi) is 3.90. The van der Waals surface area contributed by atoms with Gasteiger partial charge < -0.3 is 4.74 Å². The molecule has 10 heteroatoms. The normalized spacial score (nSPS) is 14.1. The number of fused-ring (bicyclic) bond motifs is 1. The van der Waals surface area contributed by atoms with Crippen molar-refractivity contribution in [3.05, 3.63) is 52.1 Å². The molecule has 25 heavy (non-hydrogen) atoms. The van der Waals surface area contributed by atoms with Crippen molar-refractivity contribution < 1.29 is 22.7 Å². The van der Waals surface area contributed by atoms with Crippen LogP contribution in [0, 0.1) is 0 Å². The number of rotatable bonds is 2. The topological polar surface area (TPSA) is 69.4 Å². The summed E-state index contributed by atoms with van der Waals surface area (Å²) in [7, 11) is 2.59. The molecule has 0 amide bonds. The van der Waals surface area contributed by atoms with Gasteiger partial charge in [-0.05, 0) is 18.2 Å². The van der Waals surface area contributed by atoms with Gasteiger partial charge in [-0.1, -0.05) is 6.07 Å². The second-order valence-corrected chi connectivity index (χ2v) is 5.36. The number of esters is 1. The molecule has 2 aromatic rings. The van der Waals surface area contributed by atoms with Crippen LogP contribution in [0.15, 0.2) is 40.8 Å². The van der Waals surface area contributed by atoms with E-state index in [0.717, 1.165) is 16.8 Å². The van der Waals surface area contributed by atoms with E-state index in [2.05, 4.69) is 9.84 Å². The Morgan fingerprint density at radius 1 is 1.32 bits per heavy atom. The molecule has 0 atom stereocenters. The van der Waals surface area contributed by atoms with E-state index in [1.807, 2.05) is 0 Å². The van der Waals surface area contributed by atoms with Crippen LogP contribution in [-0.2, 0) is 29.3 Å². The summed E-state index contributed by atoms with van der Waals surface area (Å²) in [4.78, 5) is 25.3. The summed E-state index contributed by atoms with van der Waals surface area (Å²) < 4.78 is 45.8. The SMILES string of the molecule is COC(=O)C1=CN(c2cccc(C(F)(F)F)c2)c2nn(C)c(=O)n2C1. The Labute approximate surface area is 139 Å². The Morgan fingerprint density at radius 2 is 2.04 bits per heavy atom. The quantitative estimate of drug-likeness (QED) is 0.770. The predicted molar refractivity (Wildman–Crippen MR) is 81.2 cm³/mol. The molecule has 0 saturated carbocycles. The number of nitrogens with zero attached hydrogens (tertiary/aromatic N) is 4. The Bertz CT molecular complexity index is 927. The summed E-state index contributed by atoms with van der Waals surface area (Å²) in [6.45, 7) is -0.0792. The van der Waals surface area contributed by atoms with Crippen LogP contribution in [0.2, 0.25) is 0 Å². The highest BCUT2D eigenvalue weighted by Gasteiger charge is 2.32. The highest BCUT2D eigenvalue weighted by atomic mass is 19.4. The molecule has 0 N–H and O–H groups in total. The van der Waals surface area contributed by atoms with Crippen LogP contribution < -0.4 is 10.6 Å². The summed E-state index contributed by atoms with van der Waals surface area (Å²) in [5, 5.41) is 4.04. The molecular weight excluding hydrogens is 341 g/mol. The fraction of sp³-hybridized carbons (Fsp3) is 0.267. The van der Waals surface area contributed by atoms with Crippen molar-refractivity contribution in [1.29, 1.82) is 0 Å². The molecule has 0 fully saturated rings. The molecule has 0 unspecified atom stereocenters. The number of alkyl halides is 3. The molecule has 7 nitrogen and oxygen atoms in total. The Hall–Kier alpha value is -3.04. The molecule has 1 aromatic carbocycles. The summed E-state index contributed by atoms with van der Waals surface area (Å²) in [6, 6.07) is 4.52. The highest BCUT2D eigenvalue weighted by Crippen LogP contribution is 2.34. The minimum atomic E-state index is -4.52. The van der Waals surface area contributed by atoms with Crippen molar-refractivity contribution in [3.8, 4) is 0 Å². The third kappa shape index (κ3) is 2.90. The molecule has 0 saturated heterocycles. The zero-order valence-electron chi connectivity index (χ0n) is 13.2. The summed E-state index contributed by atoms with van der Waals surface area (Å²) >= 11 is 0. The molecule has 2 heterocycles. The van der Waals surface area contributed by atoms with Crippen LogP contribution in [0.25, 0.3) is 0 Å². The molecule has 1 aromatic heterocycles. The highest BCUT2D eigenvalue weighted by molar-refractivity contribution is 5.90. The van der Waals surface area contributed by atoms with Gasteiger partial charge in [-0.2, -0.15) is 13.2 Å². The first-order valence-corrected chi connectivity index (χ1v) is 7.11. The molecule has 0 aliphatic carbocycles. The number of aromatic nitrogens is 3. The van der Waals surface area contributed by atoms with E-state index < -0.39 is 23.4 Å². The zero-order chi connectivity index (χ0) is 18.4. The lowest BCUT2D eigenvalue weighted by molar-refractivity contribution is -0.138. The van der Waals surface area contributed by atoms with E-state index in [-0.39, 0.29) is 23.8 Å². The molecule has 0 radical (unpaired) electrons. The summed E-state index contributed by atoms with van der Waals surface area (Å²) in [5.41, 5.74) is -1.12. The van der Waals surface area contributed by atoms with Crippen molar-refractivity contribution >= 4 is 17.6 Å².